The SMILES string of the molecule is Cc1c2c(cc(Br)c1C1CCCNC1)OCCO2. The van der Waals surface area contributed by atoms with Crippen LogP contribution in [0, 0.1) is 6.92 Å². The minimum absolute atomic E-state index is 0.573. The smallest absolute Gasteiger partial charge is 0.164 e. The predicted molar refractivity (Wildman–Crippen MR) is 74.7 cm³/mol. The van der Waals surface area contributed by atoms with Crippen LogP contribution in [0.2, 0.25) is 0 Å². The van der Waals surface area contributed by atoms with Crippen LogP contribution >= 0.6 is 15.9 Å². The van der Waals surface area contributed by atoms with Gasteiger partial charge in [-0.3, -0.25) is 0 Å². The molecule has 1 N–H and O–H groups in total. The molecule has 2 aliphatic rings. The lowest BCUT2D eigenvalue weighted by atomic mass is 9.88. The number of hydrogen-bond donors (Lipinski definition) is 1. The van der Waals surface area contributed by atoms with Gasteiger partial charge in [-0.1, -0.05) is 15.9 Å². The van der Waals surface area contributed by atoms with Crippen molar-refractivity contribution in [2.75, 3.05) is 26.3 Å². The fraction of sp³-hybridized carbons (Fsp3) is 0.571. The molecule has 1 saturated heterocycles. The summed E-state index contributed by atoms with van der Waals surface area (Å²) in [5.74, 6) is 2.38. The highest BCUT2D eigenvalue weighted by Crippen LogP contribution is 2.43. The molecule has 0 radical (unpaired) electrons. The maximum Gasteiger partial charge on any atom is 0.164 e. The van der Waals surface area contributed by atoms with E-state index < -0.39 is 0 Å². The van der Waals surface area contributed by atoms with E-state index in [4.69, 9.17) is 9.47 Å². The standard InChI is InChI=1S/C14H18BrNO2/c1-9-13(10-3-2-4-16-8-10)11(15)7-12-14(9)18-6-5-17-12/h7,10,16H,2-6,8H2,1H3. The Kier molecular flexibility index (Phi) is 3.48. The lowest BCUT2D eigenvalue weighted by Gasteiger charge is -2.29. The Morgan fingerprint density at radius 3 is 2.94 bits per heavy atom. The molecule has 0 aliphatic carbocycles. The summed E-state index contributed by atoms with van der Waals surface area (Å²) < 4.78 is 12.6. The molecular weight excluding hydrogens is 294 g/mol. The van der Waals surface area contributed by atoms with E-state index in [1.807, 2.05) is 0 Å². The first kappa shape index (κ1) is 12.3. The molecule has 0 aromatic heterocycles. The van der Waals surface area contributed by atoms with Crippen LogP contribution in [-0.4, -0.2) is 26.3 Å². The van der Waals surface area contributed by atoms with Crippen molar-refractivity contribution in [1.29, 1.82) is 0 Å². The van der Waals surface area contributed by atoms with E-state index >= 15 is 0 Å². The van der Waals surface area contributed by atoms with Gasteiger partial charge in [0.25, 0.3) is 0 Å². The van der Waals surface area contributed by atoms with Gasteiger partial charge >= 0.3 is 0 Å². The third-order valence-corrected chi connectivity index (χ3v) is 4.43. The lowest BCUT2D eigenvalue weighted by molar-refractivity contribution is 0.170. The number of halogens is 1. The summed E-state index contributed by atoms with van der Waals surface area (Å²) in [4.78, 5) is 0. The van der Waals surface area contributed by atoms with Gasteiger partial charge in [-0.2, -0.15) is 0 Å². The minimum atomic E-state index is 0.573. The molecule has 1 aromatic carbocycles. The first-order chi connectivity index (χ1) is 8.77. The Hall–Kier alpha value is -0.740. The van der Waals surface area contributed by atoms with Crippen molar-refractivity contribution < 1.29 is 9.47 Å². The molecule has 0 amide bonds. The number of fused-ring (bicyclic) bond motifs is 1. The van der Waals surface area contributed by atoms with Gasteiger partial charge in [-0.05, 0) is 49.4 Å². The van der Waals surface area contributed by atoms with Crippen LogP contribution in [0.4, 0.5) is 0 Å². The minimum Gasteiger partial charge on any atom is -0.486 e. The summed E-state index contributed by atoms with van der Waals surface area (Å²) in [7, 11) is 0. The highest BCUT2D eigenvalue weighted by Gasteiger charge is 2.25. The van der Waals surface area contributed by atoms with Crippen molar-refractivity contribution in [2.45, 2.75) is 25.7 Å². The van der Waals surface area contributed by atoms with Crippen LogP contribution in [0.25, 0.3) is 0 Å². The second kappa shape index (κ2) is 5.10. The van der Waals surface area contributed by atoms with Gasteiger partial charge < -0.3 is 14.8 Å². The normalized spacial score (nSPS) is 22.9. The first-order valence-electron chi connectivity index (χ1n) is 6.56. The molecule has 0 saturated carbocycles. The highest BCUT2D eigenvalue weighted by atomic mass is 79.9. The molecule has 18 heavy (non-hydrogen) atoms. The van der Waals surface area contributed by atoms with Crippen LogP contribution in [0.5, 0.6) is 11.5 Å². The van der Waals surface area contributed by atoms with E-state index in [1.165, 1.54) is 24.0 Å². The van der Waals surface area contributed by atoms with Crippen molar-refractivity contribution in [1.82, 2.24) is 5.32 Å². The fourth-order valence-electron chi connectivity index (χ4n) is 2.93. The van der Waals surface area contributed by atoms with Gasteiger partial charge in [0.1, 0.15) is 13.2 Å². The van der Waals surface area contributed by atoms with Crippen LogP contribution in [0.3, 0.4) is 0 Å². The van der Waals surface area contributed by atoms with Crippen LogP contribution in [-0.2, 0) is 0 Å². The van der Waals surface area contributed by atoms with Gasteiger partial charge in [-0.25, -0.2) is 0 Å². The third kappa shape index (κ3) is 2.12. The second-order valence-electron chi connectivity index (χ2n) is 4.96. The van der Waals surface area contributed by atoms with Crippen LogP contribution in [0.15, 0.2) is 10.5 Å². The summed E-state index contributed by atoms with van der Waals surface area (Å²) in [6.07, 6.45) is 2.48. The maximum atomic E-state index is 5.77. The zero-order chi connectivity index (χ0) is 12.5. The third-order valence-electron chi connectivity index (χ3n) is 3.78. The van der Waals surface area contributed by atoms with E-state index in [-0.39, 0.29) is 0 Å². The average molecular weight is 312 g/mol. The van der Waals surface area contributed by atoms with Crippen LogP contribution in [0.1, 0.15) is 29.9 Å². The van der Waals surface area contributed by atoms with Crippen LogP contribution < -0.4 is 14.8 Å². The Bertz CT molecular complexity index is 456. The molecule has 3 rings (SSSR count). The fourth-order valence-corrected chi connectivity index (χ4v) is 3.76. The average Bonchev–Trinajstić information content (AvgIpc) is 2.40. The Morgan fingerprint density at radius 2 is 2.17 bits per heavy atom. The van der Waals surface area contributed by atoms with E-state index in [1.54, 1.807) is 0 Å². The van der Waals surface area contributed by atoms with Crippen molar-refractivity contribution in [3.8, 4) is 11.5 Å². The van der Waals surface area contributed by atoms with E-state index in [9.17, 15) is 0 Å². The lowest BCUT2D eigenvalue weighted by Crippen LogP contribution is -2.29. The number of piperidine rings is 1. The van der Waals surface area contributed by atoms with E-state index in [2.05, 4.69) is 34.2 Å². The van der Waals surface area contributed by atoms with Gasteiger partial charge in [-0.15, -0.1) is 0 Å². The molecule has 2 aliphatic heterocycles. The maximum absolute atomic E-state index is 5.77. The molecule has 0 bridgehead atoms. The summed E-state index contributed by atoms with van der Waals surface area (Å²) >= 11 is 3.70. The van der Waals surface area contributed by atoms with Gasteiger partial charge in [0, 0.05) is 11.0 Å². The number of hydrogen-bond acceptors (Lipinski definition) is 3. The molecule has 1 aromatic rings. The molecule has 1 fully saturated rings. The Morgan fingerprint density at radius 1 is 1.33 bits per heavy atom. The highest BCUT2D eigenvalue weighted by molar-refractivity contribution is 9.10. The molecule has 1 atom stereocenters. The molecule has 1 unspecified atom stereocenters. The quantitative estimate of drug-likeness (QED) is 0.865. The molecule has 98 valence electrons. The summed E-state index contributed by atoms with van der Waals surface area (Å²) in [6.45, 7) is 5.63. The Labute approximate surface area is 116 Å². The summed E-state index contributed by atoms with van der Waals surface area (Å²) in [6, 6.07) is 2.06. The largest absolute Gasteiger partial charge is 0.486 e. The molecule has 3 nitrogen and oxygen atoms in total. The predicted octanol–water partition coefficient (Wildman–Crippen LogP) is 3.00. The van der Waals surface area contributed by atoms with Crippen molar-refractivity contribution >= 4 is 15.9 Å². The van der Waals surface area contributed by atoms with Gasteiger partial charge in [0.05, 0.1) is 0 Å². The van der Waals surface area contributed by atoms with E-state index in [0.29, 0.717) is 19.1 Å². The molecule has 2 heterocycles. The summed E-state index contributed by atoms with van der Waals surface area (Å²) in [5, 5.41) is 3.47. The topological polar surface area (TPSA) is 30.5 Å². The zero-order valence-electron chi connectivity index (χ0n) is 10.6. The van der Waals surface area contributed by atoms with Crippen molar-refractivity contribution in [3.63, 3.8) is 0 Å². The summed E-state index contributed by atoms with van der Waals surface area (Å²) in [5.41, 5.74) is 2.61. The number of benzene rings is 1. The van der Waals surface area contributed by atoms with Gasteiger partial charge in [0.15, 0.2) is 11.5 Å². The van der Waals surface area contributed by atoms with Crippen molar-refractivity contribution in [2.24, 2.45) is 0 Å². The molecular formula is C14H18BrNO2. The van der Waals surface area contributed by atoms with Gasteiger partial charge in [0.2, 0.25) is 0 Å². The molecule has 4 heteroatoms. The molecule has 0 spiro atoms. The monoisotopic (exact) mass is 311 g/mol. The number of ether oxygens (including phenoxy) is 2. The first-order valence-corrected chi connectivity index (χ1v) is 7.36. The number of nitrogens with one attached hydrogen (secondary N) is 1. The Balaban J connectivity index is 2.02. The second-order valence-corrected chi connectivity index (χ2v) is 5.82. The number of rotatable bonds is 1. The van der Waals surface area contributed by atoms with E-state index in [0.717, 1.165) is 29.1 Å². The zero-order valence-corrected chi connectivity index (χ0v) is 12.2. The van der Waals surface area contributed by atoms with Crippen molar-refractivity contribution in [3.05, 3.63) is 21.7 Å².